The molecule has 0 bridgehead atoms. The zero-order valence-corrected chi connectivity index (χ0v) is 11.9. The van der Waals surface area contributed by atoms with Gasteiger partial charge in [-0.3, -0.25) is 0 Å². The lowest BCUT2D eigenvalue weighted by Gasteiger charge is -2.08. The number of halogens is 3. The molecule has 3 nitrogen and oxygen atoms in total. The molecule has 2 rings (SSSR count). The minimum atomic E-state index is -0.450. The molecule has 1 aromatic heterocycles. The minimum Gasteiger partial charge on any atom is -0.494 e. The summed E-state index contributed by atoms with van der Waals surface area (Å²) >= 11 is 12.1. The lowest BCUT2D eigenvalue weighted by molar-refractivity contribution is 0.387. The van der Waals surface area contributed by atoms with Gasteiger partial charge in [0.2, 0.25) is 0 Å². The molecule has 0 N–H and O–H groups in total. The van der Waals surface area contributed by atoms with E-state index in [9.17, 15) is 4.39 Å². The van der Waals surface area contributed by atoms with Crippen molar-refractivity contribution in [3.05, 3.63) is 39.9 Å². The first kappa shape index (κ1) is 14.0. The van der Waals surface area contributed by atoms with E-state index in [4.69, 9.17) is 27.9 Å². The van der Waals surface area contributed by atoms with Crippen LogP contribution in [-0.2, 0) is 6.42 Å². The first-order valence-corrected chi connectivity index (χ1v) is 6.38. The summed E-state index contributed by atoms with van der Waals surface area (Å²) in [6, 6.07) is 4.33. The van der Waals surface area contributed by atoms with Gasteiger partial charge in [-0.2, -0.15) is 0 Å². The summed E-state index contributed by atoms with van der Waals surface area (Å²) in [6.07, 6.45) is 0.644. The van der Waals surface area contributed by atoms with Crippen LogP contribution in [0.5, 0.6) is 5.75 Å². The van der Waals surface area contributed by atoms with Crippen LogP contribution in [0.25, 0.3) is 11.4 Å². The summed E-state index contributed by atoms with van der Waals surface area (Å²) < 4.78 is 18.3. The fourth-order valence-electron chi connectivity index (χ4n) is 1.65. The minimum absolute atomic E-state index is 0.118. The van der Waals surface area contributed by atoms with Crippen LogP contribution in [0.3, 0.4) is 0 Å². The summed E-state index contributed by atoms with van der Waals surface area (Å²) in [5.41, 5.74) is 1.28. The van der Waals surface area contributed by atoms with E-state index in [1.807, 2.05) is 6.92 Å². The maximum atomic E-state index is 13.3. The highest BCUT2D eigenvalue weighted by Gasteiger charge is 2.13. The second-order valence-corrected chi connectivity index (χ2v) is 4.53. The van der Waals surface area contributed by atoms with E-state index in [1.54, 1.807) is 6.07 Å². The number of rotatable bonds is 3. The number of nitrogens with zero attached hydrogens (tertiary/aromatic N) is 2. The third kappa shape index (κ3) is 2.80. The molecular formula is C13H11Cl2FN2O. The summed E-state index contributed by atoms with van der Waals surface area (Å²) in [6.45, 7) is 1.91. The van der Waals surface area contributed by atoms with Crippen molar-refractivity contribution in [2.75, 3.05) is 7.11 Å². The Labute approximate surface area is 120 Å². The van der Waals surface area contributed by atoms with Crippen LogP contribution in [0, 0.1) is 5.82 Å². The van der Waals surface area contributed by atoms with E-state index >= 15 is 0 Å². The SMILES string of the molecule is CCc1c(Cl)nc(-c2ccc(F)c(OC)c2)nc1Cl. The van der Waals surface area contributed by atoms with Crippen molar-refractivity contribution in [3.8, 4) is 17.1 Å². The highest BCUT2D eigenvalue weighted by Crippen LogP contribution is 2.28. The van der Waals surface area contributed by atoms with Crippen molar-refractivity contribution >= 4 is 23.2 Å². The summed E-state index contributed by atoms with van der Waals surface area (Å²) in [5.74, 6) is 0.00651. The smallest absolute Gasteiger partial charge is 0.165 e. The number of benzene rings is 1. The zero-order chi connectivity index (χ0) is 14.0. The average molecular weight is 301 g/mol. The van der Waals surface area contributed by atoms with Gasteiger partial charge in [0.15, 0.2) is 17.4 Å². The Balaban J connectivity index is 2.53. The molecule has 0 aliphatic carbocycles. The predicted molar refractivity (Wildman–Crippen MR) is 73.4 cm³/mol. The Morgan fingerprint density at radius 3 is 2.37 bits per heavy atom. The topological polar surface area (TPSA) is 35.0 Å². The van der Waals surface area contributed by atoms with Gasteiger partial charge in [-0.1, -0.05) is 30.1 Å². The maximum Gasteiger partial charge on any atom is 0.165 e. The maximum absolute atomic E-state index is 13.3. The molecule has 0 aliphatic rings. The standard InChI is InChI=1S/C13H11Cl2FN2O/c1-3-8-11(14)17-13(18-12(8)15)7-4-5-9(16)10(6-7)19-2/h4-6H,3H2,1-2H3. The van der Waals surface area contributed by atoms with Crippen LogP contribution < -0.4 is 4.74 Å². The number of ether oxygens (including phenoxy) is 1. The molecule has 0 unspecified atom stereocenters. The molecule has 0 radical (unpaired) electrons. The normalized spacial score (nSPS) is 10.6. The second-order valence-electron chi connectivity index (χ2n) is 3.81. The van der Waals surface area contributed by atoms with Crippen LogP contribution >= 0.6 is 23.2 Å². The summed E-state index contributed by atoms with van der Waals surface area (Å²) in [5, 5.41) is 0.613. The summed E-state index contributed by atoms with van der Waals surface area (Å²) in [7, 11) is 1.39. The van der Waals surface area contributed by atoms with Gasteiger partial charge >= 0.3 is 0 Å². The Kier molecular flexibility index (Phi) is 4.22. The van der Waals surface area contributed by atoms with Crippen molar-refractivity contribution in [2.24, 2.45) is 0 Å². The van der Waals surface area contributed by atoms with Crippen molar-refractivity contribution in [1.29, 1.82) is 0 Å². The Bertz CT molecular complexity index is 597. The average Bonchev–Trinajstić information content (AvgIpc) is 2.39. The molecule has 0 amide bonds. The quantitative estimate of drug-likeness (QED) is 0.798. The second kappa shape index (κ2) is 5.72. The van der Waals surface area contributed by atoms with E-state index in [-0.39, 0.29) is 5.75 Å². The van der Waals surface area contributed by atoms with Gasteiger partial charge in [-0.25, -0.2) is 14.4 Å². The fraction of sp³-hybridized carbons (Fsp3) is 0.231. The van der Waals surface area contributed by atoms with E-state index in [2.05, 4.69) is 9.97 Å². The Hall–Kier alpha value is -1.39. The molecule has 0 aliphatic heterocycles. The molecule has 2 aromatic rings. The number of hydrogen-bond donors (Lipinski definition) is 0. The highest BCUT2D eigenvalue weighted by atomic mass is 35.5. The van der Waals surface area contributed by atoms with Crippen LogP contribution in [0.2, 0.25) is 10.3 Å². The largest absolute Gasteiger partial charge is 0.494 e. The Morgan fingerprint density at radius 2 is 1.84 bits per heavy atom. The van der Waals surface area contributed by atoms with Gasteiger partial charge < -0.3 is 4.74 Å². The van der Waals surface area contributed by atoms with Gasteiger partial charge in [-0.15, -0.1) is 0 Å². The number of aromatic nitrogens is 2. The molecule has 100 valence electrons. The van der Waals surface area contributed by atoms with Crippen LogP contribution in [-0.4, -0.2) is 17.1 Å². The third-order valence-corrected chi connectivity index (χ3v) is 3.29. The van der Waals surface area contributed by atoms with Crippen molar-refractivity contribution in [3.63, 3.8) is 0 Å². The van der Waals surface area contributed by atoms with E-state index in [0.717, 1.165) is 0 Å². The molecule has 0 fully saturated rings. The lowest BCUT2D eigenvalue weighted by atomic mass is 10.2. The van der Waals surface area contributed by atoms with Gasteiger partial charge in [0.05, 0.1) is 7.11 Å². The van der Waals surface area contributed by atoms with Crippen molar-refractivity contribution in [1.82, 2.24) is 9.97 Å². The molecule has 1 heterocycles. The molecule has 0 saturated heterocycles. The monoisotopic (exact) mass is 300 g/mol. The van der Waals surface area contributed by atoms with Gasteiger partial charge in [0.25, 0.3) is 0 Å². The van der Waals surface area contributed by atoms with E-state index in [1.165, 1.54) is 19.2 Å². The van der Waals surface area contributed by atoms with Crippen LogP contribution in [0.15, 0.2) is 18.2 Å². The first-order chi connectivity index (χ1) is 9.06. The lowest BCUT2D eigenvalue weighted by Crippen LogP contribution is -1.97. The first-order valence-electron chi connectivity index (χ1n) is 5.62. The number of hydrogen-bond acceptors (Lipinski definition) is 3. The van der Waals surface area contributed by atoms with E-state index in [0.29, 0.717) is 33.7 Å². The summed E-state index contributed by atoms with van der Waals surface area (Å²) in [4.78, 5) is 8.34. The molecule has 0 atom stereocenters. The van der Waals surface area contributed by atoms with Crippen molar-refractivity contribution < 1.29 is 9.13 Å². The van der Waals surface area contributed by atoms with E-state index < -0.39 is 5.82 Å². The third-order valence-electron chi connectivity index (χ3n) is 2.67. The Morgan fingerprint density at radius 1 is 1.21 bits per heavy atom. The van der Waals surface area contributed by atoms with Gasteiger partial charge in [0.1, 0.15) is 10.3 Å². The molecule has 19 heavy (non-hydrogen) atoms. The molecule has 6 heteroatoms. The molecule has 0 spiro atoms. The zero-order valence-electron chi connectivity index (χ0n) is 10.4. The predicted octanol–water partition coefficient (Wildman–Crippen LogP) is 4.16. The number of methoxy groups -OCH3 is 1. The molecular weight excluding hydrogens is 290 g/mol. The molecule has 0 saturated carbocycles. The van der Waals surface area contributed by atoms with Crippen LogP contribution in [0.4, 0.5) is 4.39 Å². The van der Waals surface area contributed by atoms with Gasteiger partial charge in [0, 0.05) is 11.1 Å². The molecule has 1 aromatic carbocycles. The van der Waals surface area contributed by atoms with Crippen molar-refractivity contribution in [2.45, 2.75) is 13.3 Å². The highest BCUT2D eigenvalue weighted by molar-refractivity contribution is 6.34. The fourth-order valence-corrected chi connectivity index (χ4v) is 2.31. The van der Waals surface area contributed by atoms with Crippen LogP contribution in [0.1, 0.15) is 12.5 Å². The van der Waals surface area contributed by atoms with Gasteiger partial charge in [-0.05, 0) is 24.6 Å².